The van der Waals surface area contributed by atoms with Gasteiger partial charge in [-0.15, -0.1) is 0 Å². The summed E-state index contributed by atoms with van der Waals surface area (Å²) >= 11 is 3.16. The summed E-state index contributed by atoms with van der Waals surface area (Å²) in [7, 11) is 0. The maximum atomic E-state index is 13.1. The van der Waals surface area contributed by atoms with E-state index in [0.717, 1.165) is 6.07 Å². The van der Waals surface area contributed by atoms with E-state index in [1.54, 1.807) is 0 Å². The Labute approximate surface area is 89.3 Å². The molecule has 0 aliphatic carbocycles. The number of alkyl halides is 1. The number of halogens is 3. The van der Waals surface area contributed by atoms with Crippen molar-refractivity contribution in [3.63, 3.8) is 0 Å². The van der Waals surface area contributed by atoms with Gasteiger partial charge in [-0.2, -0.15) is 0 Å². The predicted molar refractivity (Wildman–Crippen MR) is 53.7 cm³/mol. The Balaban J connectivity index is 2.84. The summed E-state index contributed by atoms with van der Waals surface area (Å²) in [4.78, 5) is 11.3. The first-order valence-electron chi connectivity index (χ1n) is 4.20. The maximum absolute atomic E-state index is 13.1. The van der Waals surface area contributed by atoms with Gasteiger partial charge in [0.15, 0.2) is 17.4 Å². The molecule has 1 aromatic carbocycles. The number of hydrogen-bond donors (Lipinski definition) is 0. The SMILES string of the molecule is O=C(CCCBr)c1cccc(F)c1F. The zero-order valence-corrected chi connectivity index (χ0v) is 8.98. The van der Waals surface area contributed by atoms with Crippen LogP contribution in [0.2, 0.25) is 0 Å². The summed E-state index contributed by atoms with van der Waals surface area (Å²) in [5.74, 6) is -2.39. The molecule has 1 aromatic rings. The minimum Gasteiger partial charge on any atom is -0.294 e. The lowest BCUT2D eigenvalue weighted by molar-refractivity contribution is 0.0977. The Morgan fingerprint density at radius 1 is 1.36 bits per heavy atom. The molecule has 0 saturated carbocycles. The van der Waals surface area contributed by atoms with E-state index in [0.29, 0.717) is 11.8 Å². The van der Waals surface area contributed by atoms with Crippen LogP contribution in [0, 0.1) is 11.6 Å². The number of ketones is 1. The molecule has 0 aliphatic rings. The molecular formula is C10H9BrF2O. The maximum Gasteiger partial charge on any atom is 0.169 e. The molecule has 1 rings (SSSR count). The Hall–Kier alpha value is -0.770. The molecule has 0 amide bonds. The van der Waals surface area contributed by atoms with E-state index >= 15 is 0 Å². The second kappa shape index (κ2) is 5.20. The summed E-state index contributed by atoms with van der Waals surface area (Å²) in [6.07, 6.45) is 0.848. The lowest BCUT2D eigenvalue weighted by atomic mass is 10.1. The summed E-state index contributed by atoms with van der Waals surface area (Å²) in [6.45, 7) is 0. The first-order chi connectivity index (χ1) is 6.66. The fourth-order valence-electron chi connectivity index (χ4n) is 1.08. The van der Waals surface area contributed by atoms with Crippen molar-refractivity contribution < 1.29 is 13.6 Å². The average molecular weight is 263 g/mol. The van der Waals surface area contributed by atoms with Gasteiger partial charge in [-0.25, -0.2) is 8.78 Å². The minimum atomic E-state index is -1.05. The van der Waals surface area contributed by atoms with Gasteiger partial charge in [0, 0.05) is 11.8 Å². The number of Topliss-reactive ketones (excluding diaryl/α,β-unsaturated/α-hetero) is 1. The third kappa shape index (κ3) is 2.61. The third-order valence-corrected chi connectivity index (χ3v) is 2.35. The number of rotatable bonds is 4. The van der Waals surface area contributed by atoms with Crippen molar-refractivity contribution in [1.29, 1.82) is 0 Å². The standard InChI is InChI=1S/C10H9BrF2O/c11-6-2-5-9(14)7-3-1-4-8(12)10(7)13/h1,3-4H,2,5-6H2. The van der Waals surface area contributed by atoms with Crippen molar-refractivity contribution in [3.05, 3.63) is 35.4 Å². The van der Waals surface area contributed by atoms with Gasteiger partial charge in [0.1, 0.15) is 0 Å². The monoisotopic (exact) mass is 262 g/mol. The third-order valence-electron chi connectivity index (χ3n) is 1.79. The highest BCUT2D eigenvalue weighted by Gasteiger charge is 2.13. The smallest absolute Gasteiger partial charge is 0.169 e. The number of benzene rings is 1. The molecule has 0 bridgehead atoms. The molecule has 1 nitrogen and oxygen atoms in total. The second-order valence-electron chi connectivity index (χ2n) is 2.82. The van der Waals surface area contributed by atoms with E-state index in [4.69, 9.17) is 0 Å². The van der Waals surface area contributed by atoms with E-state index in [1.165, 1.54) is 12.1 Å². The van der Waals surface area contributed by atoms with Crippen LogP contribution in [0.4, 0.5) is 8.78 Å². The molecule has 14 heavy (non-hydrogen) atoms. The first kappa shape index (κ1) is 11.3. The predicted octanol–water partition coefficient (Wildman–Crippen LogP) is 3.32. The fourth-order valence-corrected chi connectivity index (χ4v) is 1.36. The van der Waals surface area contributed by atoms with Gasteiger partial charge in [0.2, 0.25) is 0 Å². The molecule has 0 N–H and O–H groups in total. The van der Waals surface area contributed by atoms with Gasteiger partial charge in [-0.1, -0.05) is 22.0 Å². The molecule has 0 unspecified atom stereocenters. The molecule has 76 valence electrons. The molecule has 0 saturated heterocycles. The van der Waals surface area contributed by atoms with Gasteiger partial charge in [0.05, 0.1) is 5.56 Å². The van der Waals surface area contributed by atoms with Gasteiger partial charge in [-0.05, 0) is 18.6 Å². The number of carbonyl (C=O) groups is 1. The van der Waals surface area contributed by atoms with Crippen molar-refractivity contribution in [2.45, 2.75) is 12.8 Å². The normalized spacial score (nSPS) is 10.2. The fraction of sp³-hybridized carbons (Fsp3) is 0.300. The van der Waals surface area contributed by atoms with Crippen LogP contribution < -0.4 is 0 Å². The summed E-state index contributed by atoms with van der Waals surface area (Å²) in [5.41, 5.74) is -0.161. The van der Waals surface area contributed by atoms with Crippen LogP contribution in [0.25, 0.3) is 0 Å². The highest BCUT2D eigenvalue weighted by Crippen LogP contribution is 2.14. The summed E-state index contributed by atoms with van der Waals surface area (Å²) in [6, 6.07) is 3.63. The van der Waals surface area contributed by atoms with Crippen LogP contribution in [0.15, 0.2) is 18.2 Å². The average Bonchev–Trinajstić information content (AvgIpc) is 2.18. The first-order valence-corrected chi connectivity index (χ1v) is 5.32. The number of carbonyl (C=O) groups excluding carboxylic acids is 1. The molecule has 0 aliphatic heterocycles. The van der Waals surface area contributed by atoms with Gasteiger partial charge in [0.25, 0.3) is 0 Å². The van der Waals surface area contributed by atoms with E-state index in [-0.39, 0.29) is 17.8 Å². The molecule has 0 radical (unpaired) electrons. The van der Waals surface area contributed by atoms with E-state index in [1.807, 2.05) is 0 Å². The lowest BCUT2D eigenvalue weighted by Gasteiger charge is -2.01. The van der Waals surface area contributed by atoms with Crippen LogP contribution in [0.5, 0.6) is 0 Å². The molecule has 0 atom stereocenters. The Bertz CT molecular complexity index is 339. The van der Waals surface area contributed by atoms with Crippen molar-refractivity contribution in [2.75, 3.05) is 5.33 Å². The number of hydrogen-bond acceptors (Lipinski definition) is 1. The van der Waals surface area contributed by atoms with Crippen LogP contribution in [0.1, 0.15) is 23.2 Å². The Kier molecular flexibility index (Phi) is 4.20. The van der Waals surface area contributed by atoms with Crippen molar-refractivity contribution in [3.8, 4) is 0 Å². The molecule has 0 heterocycles. The van der Waals surface area contributed by atoms with Crippen LogP contribution in [-0.2, 0) is 0 Å². The highest BCUT2D eigenvalue weighted by molar-refractivity contribution is 9.09. The van der Waals surface area contributed by atoms with Crippen LogP contribution in [-0.4, -0.2) is 11.1 Å². The molecule has 0 spiro atoms. The Morgan fingerprint density at radius 2 is 2.07 bits per heavy atom. The van der Waals surface area contributed by atoms with E-state index < -0.39 is 11.6 Å². The van der Waals surface area contributed by atoms with Gasteiger partial charge >= 0.3 is 0 Å². The van der Waals surface area contributed by atoms with Crippen molar-refractivity contribution >= 4 is 21.7 Å². The molecule has 4 heteroatoms. The summed E-state index contributed by atoms with van der Waals surface area (Å²) < 4.78 is 25.8. The largest absolute Gasteiger partial charge is 0.294 e. The van der Waals surface area contributed by atoms with Gasteiger partial charge in [-0.3, -0.25) is 4.79 Å². The van der Waals surface area contributed by atoms with Crippen LogP contribution >= 0.6 is 15.9 Å². The zero-order valence-electron chi connectivity index (χ0n) is 7.40. The Morgan fingerprint density at radius 3 is 2.71 bits per heavy atom. The summed E-state index contributed by atoms with van der Waals surface area (Å²) in [5, 5.41) is 0.676. The van der Waals surface area contributed by atoms with Crippen molar-refractivity contribution in [1.82, 2.24) is 0 Å². The van der Waals surface area contributed by atoms with E-state index in [9.17, 15) is 13.6 Å². The minimum absolute atomic E-state index is 0.161. The second-order valence-corrected chi connectivity index (χ2v) is 3.61. The lowest BCUT2D eigenvalue weighted by Crippen LogP contribution is -2.04. The molecule has 0 fully saturated rings. The zero-order chi connectivity index (χ0) is 10.6. The van der Waals surface area contributed by atoms with Crippen molar-refractivity contribution in [2.24, 2.45) is 0 Å². The quantitative estimate of drug-likeness (QED) is 0.601. The molecular weight excluding hydrogens is 254 g/mol. The van der Waals surface area contributed by atoms with Crippen LogP contribution in [0.3, 0.4) is 0 Å². The molecule has 0 aromatic heterocycles. The van der Waals surface area contributed by atoms with Gasteiger partial charge < -0.3 is 0 Å². The van der Waals surface area contributed by atoms with E-state index in [2.05, 4.69) is 15.9 Å². The topological polar surface area (TPSA) is 17.1 Å². The highest BCUT2D eigenvalue weighted by atomic mass is 79.9.